The number of hydrogen-bond donors (Lipinski definition) is 2. The van der Waals surface area contributed by atoms with Gasteiger partial charge in [0.05, 0.1) is 19.4 Å². The molecule has 3 aromatic carbocycles. The van der Waals surface area contributed by atoms with Gasteiger partial charge in [-0.25, -0.2) is 5.43 Å². The van der Waals surface area contributed by atoms with Gasteiger partial charge in [-0.2, -0.15) is 5.10 Å². The second-order valence-corrected chi connectivity index (χ2v) is 5.67. The van der Waals surface area contributed by atoms with Crippen LogP contribution in [0.4, 0.5) is 5.69 Å². The average molecular weight is 347 g/mol. The number of nitrogens with zero attached hydrogens (tertiary/aromatic N) is 1. The zero-order chi connectivity index (χ0) is 18.2. The minimum Gasteiger partial charge on any atom is -0.494 e. The van der Waals surface area contributed by atoms with E-state index in [1.807, 2.05) is 73.7 Å². The molecule has 0 saturated carbocycles. The third-order valence-electron chi connectivity index (χ3n) is 3.83. The number of carbonyl (C=O) groups excluding carboxylic acids is 1. The number of benzene rings is 3. The van der Waals surface area contributed by atoms with Gasteiger partial charge < -0.3 is 10.1 Å². The first kappa shape index (κ1) is 17.5. The molecule has 3 aromatic rings. The third-order valence-corrected chi connectivity index (χ3v) is 3.83. The second kappa shape index (κ2) is 8.67. The summed E-state index contributed by atoms with van der Waals surface area (Å²) in [5.74, 6) is 0.595. The molecule has 5 nitrogen and oxygen atoms in total. The van der Waals surface area contributed by atoms with E-state index >= 15 is 0 Å². The Morgan fingerprint density at radius 3 is 2.62 bits per heavy atom. The number of anilines is 1. The summed E-state index contributed by atoms with van der Waals surface area (Å²) < 4.78 is 5.39. The zero-order valence-electron chi connectivity index (χ0n) is 14.6. The Bertz CT molecular complexity index is 899. The summed E-state index contributed by atoms with van der Waals surface area (Å²) in [5, 5.41) is 9.34. The number of amides is 1. The number of hydrazone groups is 1. The van der Waals surface area contributed by atoms with Crippen molar-refractivity contribution in [3.8, 4) is 5.75 Å². The van der Waals surface area contributed by atoms with E-state index in [1.54, 1.807) is 6.21 Å². The highest BCUT2D eigenvalue weighted by Crippen LogP contribution is 2.17. The fraction of sp³-hybridized carbons (Fsp3) is 0.143. The van der Waals surface area contributed by atoms with Crippen LogP contribution in [0.25, 0.3) is 10.8 Å². The number of fused-ring (bicyclic) bond motifs is 1. The van der Waals surface area contributed by atoms with Gasteiger partial charge in [0, 0.05) is 11.3 Å². The molecule has 0 aliphatic carbocycles. The van der Waals surface area contributed by atoms with E-state index in [9.17, 15) is 4.79 Å². The highest BCUT2D eigenvalue weighted by Gasteiger charge is 2.01. The normalized spacial score (nSPS) is 10.8. The molecule has 0 spiro atoms. The SMILES string of the molecule is CCOc1ccc(NCC(=O)N/N=C/c2cccc3ccccc23)cc1. The summed E-state index contributed by atoms with van der Waals surface area (Å²) in [7, 11) is 0. The number of hydrogen-bond acceptors (Lipinski definition) is 4. The van der Waals surface area contributed by atoms with E-state index in [0.29, 0.717) is 6.61 Å². The lowest BCUT2D eigenvalue weighted by Gasteiger charge is -2.07. The fourth-order valence-electron chi connectivity index (χ4n) is 2.59. The van der Waals surface area contributed by atoms with Crippen molar-refractivity contribution >= 4 is 28.6 Å². The number of ether oxygens (including phenoxy) is 1. The summed E-state index contributed by atoms with van der Waals surface area (Å²) in [6.07, 6.45) is 1.66. The maximum atomic E-state index is 11.9. The molecule has 0 aromatic heterocycles. The molecule has 0 radical (unpaired) electrons. The lowest BCUT2D eigenvalue weighted by atomic mass is 10.1. The van der Waals surface area contributed by atoms with Crippen LogP contribution < -0.4 is 15.5 Å². The van der Waals surface area contributed by atoms with Gasteiger partial charge in [-0.1, -0.05) is 42.5 Å². The molecule has 0 atom stereocenters. The molecule has 0 aliphatic rings. The van der Waals surface area contributed by atoms with E-state index in [-0.39, 0.29) is 12.5 Å². The molecule has 0 unspecified atom stereocenters. The molecule has 0 fully saturated rings. The first-order valence-corrected chi connectivity index (χ1v) is 8.52. The summed E-state index contributed by atoms with van der Waals surface area (Å²) in [4.78, 5) is 11.9. The standard InChI is InChI=1S/C21H21N3O2/c1-2-26-19-12-10-18(11-13-19)22-15-21(25)24-23-14-17-8-5-7-16-6-3-4-9-20(16)17/h3-14,22H,2,15H2,1H3,(H,24,25)/b23-14+. The van der Waals surface area contributed by atoms with Crippen LogP contribution in [0.1, 0.15) is 12.5 Å². The van der Waals surface area contributed by atoms with Crippen molar-refractivity contribution < 1.29 is 9.53 Å². The maximum absolute atomic E-state index is 11.9. The molecule has 1 amide bonds. The summed E-state index contributed by atoms with van der Waals surface area (Å²) in [6.45, 7) is 2.71. The molecule has 3 rings (SSSR count). The Morgan fingerprint density at radius 2 is 1.81 bits per heavy atom. The first-order chi connectivity index (χ1) is 12.8. The van der Waals surface area contributed by atoms with Gasteiger partial charge >= 0.3 is 0 Å². The quantitative estimate of drug-likeness (QED) is 0.505. The van der Waals surface area contributed by atoms with Crippen LogP contribution in [0.2, 0.25) is 0 Å². The van der Waals surface area contributed by atoms with Crippen molar-refractivity contribution in [2.45, 2.75) is 6.92 Å². The summed E-state index contributed by atoms with van der Waals surface area (Å²) in [5.41, 5.74) is 4.35. The molecule has 5 heteroatoms. The van der Waals surface area contributed by atoms with E-state index in [1.165, 1.54) is 0 Å². The van der Waals surface area contributed by atoms with Crippen LogP contribution in [0, 0.1) is 0 Å². The van der Waals surface area contributed by atoms with Crippen LogP contribution in [0.5, 0.6) is 5.75 Å². The van der Waals surface area contributed by atoms with Gasteiger partial charge in [-0.15, -0.1) is 0 Å². The van der Waals surface area contributed by atoms with Crippen LogP contribution in [0.3, 0.4) is 0 Å². The molecule has 26 heavy (non-hydrogen) atoms. The molecule has 2 N–H and O–H groups in total. The van der Waals surface area contributed by atoms with Gasteiger partial charge in [-0.3, -0.25) is 4.79 Å². The molecule has 0 bridgehead atoms. The van der Waals surface area contributed by atoms with E-state index < -0.39 is 0 Å². The largest absolute Gasteiger partial charge is 0.494 e. The van der Waals surface area contributed by atoms with Gasteiger partial charge in [0.25, 0.3) is 5.91 Å². The number of nitrogens with one attached hydrogen (secondary N) is 2. The van der Waals surface area contributed by atoms with Crippen LogP contribution in [-0.2, 0) is 4.79 Å². The minimum absolute atomic E-state index is 0.140. The van der Waals surface area contributed by atoms with Gasteiger partial charge in [0.1, 0.15) is 5.75 Å². The van der Waals surface area contributed by atoms with Crippen molar-refractivity contribution in [1.82, 2.24) is 5.43 Å². The third kappa shape index (κ3) is 4.60. The summed E-state index contributed by atoms with van der Waals surface area (Å²) in [6, 6.07) is 21.5. The van der Waals surface area contributed by atoms with Crippen LogP contribution >= 0.6 is 0 Å². The Labute approximate surface area is 152 Å². The van der Waals surface area contributed by atoms with Gasteiger partial charge in [0.2, 0.25) is 0 Å². The zero-order valence-corrected chi connectivity index (χ0v) is 14.6. The number of carbonyl (C=O) groups is 1. The van der Waals surface area contributed by atoms with Crippen LogP contribution in [-0.4, -0.2) is 25.3 Å². The molecule has 0 aliphatic heterocycles. The Morgan fingerprint density at radius 1 is 1.04 bits per heavy atom. The van der Waals surface area contributed by atoms with E-state index in [0.717, 1.165) is 27.8 Å². The maximum Gasteiger partial charge on any atom is 0.259 e. The topological polar surface area (TPSA) is 62.7 Å². The lowest BCUT2D eigenvalue weighted by Crippen LogP contribution is -2.25. The average Bonchev–Trinajstić information content (AvgIpc) is 2.68. The lowest BCUT2D eigenvalue weighted by molar-refractivity contribution is -0.119. The smallest absolute Gasteiger partial charge is 0.259 e. The fourth-order valence-corrected chi connectivity index (χ4v) is 2.59. The predicted octanol–water partition coefficient (Wildman–Crippen LogP) is 3.80. The Hall–Kier alpha value is -3.34. The monoisotopic (exact) mass is 347 g/mol. The van der Waals surface area contributed by atoms with Gasteiger partial charge in [0.15, 0.2) is 0 Å². The molecule has 0 heterocycles. The predicted molar refractivity (Wildman–Crippen MR) is 106 cm³/mol. The highest BCUT2D eigenvalue weighted by molar-refractivity contribution is 6.00. The molecule has 0 saturated heterocycles. The van der Waals surface area contributed by atoms with E-state index in [4.69, 9.17) is 4.74 Å². The molecule has 132 valence electrons. The molecular formula is C21H21N3O2. The van der Waals surface area contributed by atoms with Crippen molar-refractivity contribution in [3.63, 3.8) is 0 Å². The number of rotatable bonds is 7. The van der Waals surface area contributed by atoms with Crippen molar-refractivity contribution in [2.24, 2.45) is 5.10 Å². The highest BCUT2D eigenvalue weighted by atomic mass is 16.5. The minimum atomic E-state index is -0.213. The Kier molecular flexibility index (Phi) is 5.83. The van der Waals surface area contributed by atoms with Crippen LogP contribution in [0.15, 0.2) is 71.8 Å². The van der Waals surface area contributed by atoms with Crippen molar-refractivity contribution in [1.29, 1.82) is 0 Å². The second-order valence-electron chi connectivity index (χ2n) is 5.67. The van der Waals surface area contributed by atoms with E-state index in [2.05, 4.69) is 15.8 Å². The van der Waals surface area contributed by atoms with Gasteiger partial charge in [-0.05, 0) is 42.0 Å². The first-order valence-electron chi connectivity index (χ1n) is 8.52. The molecular weight excluding hydrogens is 326 g/mol. The van der Waals surface area contributed by atoms with Crippen molar-refractivity contribution in [3.05, 3.63) is 72.3 Å². The summed E-state index contributed by atoms with van der Waals surface area (Å²) >= 11 is 0. The van der Waals surface area contributed by atoms with Crippen molar-refractivity contribution in [2.75, 3.05) is 18.5 Å². The Balaban J connectivity index is 1.52.